The molecule has 0 atom stereocenters. The van der Waals surface area contributed by atoms with Crippen LogP contribution in [0, 0.1) is 6.92 Å². The largest absolute Gasteiger partial charge is 0.446 e. The Morgan fingerprint density at radius 3 is 2.50 bits per heavy atom. The van der Waals surface area contributed by atoms with Crippen LogP contribution < -0.4 is 0 Å². The van der Waals surface area contributed by atoms with Crippen molar-refractivity contribution in [3.05, 3.63) is 82.7 Å². The molecule has 0 spiro atoms. The monoisotopic (exact) mass is 462 g/mol. The maximum absolute atomic E-state index is 14.8. The lowest BCUT2D eigenvalue weighted by atomic mass is 9.95. The minimum Gasteiger partial charge on any atom is -0.395 e. The highest BCUT2D eigenvalue weighted by Crippen LogP contribution is 2.47. The molecule has 3 aromatic rings. The van der Waals surface area contributed by atoms with E-state index in [1.165, 1.54) is 30.3 Å². The molecule has 3 nitrogen and oxygen atoms in total. The van der Waals surface area contributed by atoms with Crippen LogP contribution in [0.15, 0.2) is 59.5 Å². The van der Waals surface area contributed by atoms with Gasteiger partial charge in [-0.2, -0.15) is 18.3 Å². The Kier molecular flexibility index (Phi) is 6.18. The first-order valence-electron chi connectivity index (χ1n) is 10.2. The summed E-state index contributed by atoms with van der Waals surface area (Å²) in [6, 6.07) is 15.2. The molecule has 1 fully saturated rings. The zero-order chi connectivity index (χ0) is 22.9. The average molecular weight is 463 g/mol. The first-order chi connectivity index (χ1) is 15.2. The van der Waals surface area contributed by atoms with Gasteiger partial charge in [0.1, 0.15) is 5.69 Å². The van der Waals surface area contributed by atoms with Gasteiger partial charge in [-0.25, -0.2) is 4.39 Å². The molecule has 4 rings (SSSR count). The topological polar surface area (TPSA) is 38.0 Å². The second-order valence-corrected chi connectivity index (χ2v) is 9.21. The number of rotatable bonds is 7. The summed E-state index contributed by atoms with van der Waals surface area (Å²) in [4.78, 5) is 0.0478. The van der Waals surface area contributed by atoms with Crippen LogP contribution in [0.25, 0.3) is 11.9 Å². The highest BCUT2D eigenvalue weighted by atomic mass is 32.2. The molecule has 0 radical (unpaired) electrons. The third kappa shape index (κ3) is 5.24. The van der Waals surface area contributed by atoms with Crippen LogP contribution in [0.3, 0.4) is 0 Å². The molecule has 0 unspecified atom stereocenters. The molecule has 8 heteroatoms. The van der Waals surface area contributed by atoms with E-state index in [0.717, 1.165) is 29.7 Å². The van der Waals surface area contributed by atoms with E-state index in [2.05, 4.69) is 11.2 Å². The fourth-order valence-electron chi connectivity index (χ4n) is 3.63. The van der Waals surface area contributed by atoms with Crippen molar-refractivity contribution < 1.29 is 22.7 Å². The molecule has 168 valence electrons. The third-order valence-corrected chi connectivity index (χ3v) is 6.40. The number of thioether (sulfide) groups is 1. The maximum atomic E-state index is 14.8. The standard InChI is InChI=1S/C24H22F4N2OS/c1-16-11-22(21(25)13-17-5-7-20(8-6-17)32-24(26,27)28)29-30(16)14-18-3-2-4-19(12-18)23(15-31)9-10-23/h2-8,11-13,31H,9-10,14-15H2,1H3/b21-13-. The molecule has 1 aromatic heterocycles. The molecule has 1 aliphatic carbocycles. The van der Waals surface area contributed by atoms with Gasteiger partial charge in [-0.3, -0.25) is 4.68 Å². The zero-order valence-electron chi connectivity index (χ0n) is 17.4. The third-order valence-electron chi connectivity index (χ3n) is 5.66. The van der Waals surface area contributed by atoms with Crippen molar-refractivity contribution in [2.45, 2.75) is 42.1 Å². The van der Waals surface area contributed by atoms with Crippen molar-refractivity contribution in [3.63, 3.8) is 0 Å². The number of alkyl halides is 3. The summed E-state index contributed by atoms with van der Waals surface area (Å²) in [5.41, 5.74) is -0.946. The lowest BCUT2D eigenvalue weighted by Crippen LogP contribution is -2.12. The number of aryl methyl sites for hydroxylation is 1. The number of nitrogens with zero attached hydrogens (tertiary/aromatic N) is 2. The van der Waals surface area contributed by atoms with E-state index >= 15 is 0 Å². The minimum absolute atomic E-state index is 0.0478. The molecule has 2 aromatic carbocycles. The van der Waals surface area contributed by atoms with Gasteiger partial charge in [0.25, 0.3) is 0 Å². The molecule has 1 heterocycles. The smallest absolute Gasteiger partial charge is 0.395 e. The fourth-order valence-corrected chi connectivity index (χ4v) is 4.17. The number of halogens is 4. The lowest BCUT2D eigenvalue weighted by Gasteiger charge is -2.14. The molecular weight excluding hydrogens is 440 g/mol. The van der Waals surface area contributed by atoms with Crippen LogP contribution in [0.1, 0.15) is 40.9 Å². The highest BCUT2D eigenvalue weighted by Gasteiger charge is 2.43. The van der Waals surface area contributed by atoms with E-state index in [-0.39, 0.29) is 34.4 Å². The minimum atomic E-state index is -4.36. The van der Waals surface area contributed by atoms with E-state index < -0.39 is 11.3 Å². The van der Waals surface area contributed by atoms with Crippen molar-refractivity contribution in [3.8, 4) is 0 Å². The van der Waals surface area contributed by atoms with Gasteiger partial charge in [0.2, 0.25) is 0 Å². The molecule has 0 aliphatic heterocycles. The van der Waals surface area contributed by atoms with Gasteiger partial charge in [0.15, 0.2) is 5.83 Å². The second kappa shape index (κ2) is 8.75. The fraction of sp³-hybridized carbons (Fsp3) is 0.292. The number of aromatic nitrogens is 2. The molecule has 0 bridgehead atoms. The van der Waals surface area contributed by atoms with Gasteiger partial charge in [-0.05, 0) is 72.5 Å². The van der Waals surface area contributed by atoms with E-state index in [1.807, 2.05) is 25.1 Å². The number of hydrogen-bond acceptors (Lipinski definition) is 3. The van der Waals surface area contributed by atoms with Crippen molar-refractivity contribution in [2.75, 3.05) is 6.61 Å². The van der Waals surface area contributed by atoms with Crippen molar-refractivity contribution >= 4 is 23.7 Å². The zero-order valence-corrected chi connectivity index (χ0v) is 18.2. The van der Waals surface area contributed by atoms with Gasteiger partial charge in [0, 0.05) is 16.0 Å². The first-order valence-corrected chi connectivity index (χ1v) is 11.0. The van der Waals surface area contributed by atoms with Crippen LogP contribution in [-0.2, 0) is 12.0 Å². The van der Waals surface area contributed by atoms with Gasteiger partial charge in [0.05, 0.1) is 13.2 Å². The molecule has 1 saturated carbocycles. The van der Waals surface area contributed by atoms with Gasteiger partial charge in [-0.15, -0.1) is 0 Å². The first kappa shape index (κ1) is 22.6. The van der Waals surface area contributed by atoms with E-state index in [9.17, 15) is 22.7 Å². The van der Waals surface area contributed by atoms with E-state index in [0.29, 0.717) is 12.1 Å². The van der Waals surface area contributed by atoms with Crippen molar-refractivity contribution in [2.24, 2.45) is 0 Å². The quantitative estimate of drug-likeness (QED) is 0.329. The van der Waals surface area contributed by atoms with E-state index in [4.69, 9.17) is 0 Å². The average Bonchev–Trinajstić information content (AvgIpc) is 3.47. The Bertz CT molecular complexity index is 1130. The summed E-state index contributed by atoms with van der Waals surface area (Å²) in [6.07, 6.45) is 3.21. The predicted octanol–water partition coefficient (Wildman–Crippen LogP) is 6.34. The predicted molar refractivity (Wildman–Crippen MR) is 118 cm³/mol. The second-order valence-electron chi connectivity index (χ2n) is 8.08. The number of aliphatic hydroxyl groups is 1. The van der Waals surface area contributed by atoms with Crippen LogP contribution in [0.4, 0.5) is 17.6 Å². The van der Waals surface area contributed by atoms with Crippen molar-refractivity contribution in [1.29, 1.82) is 0 Å². The Hall–Kier alpha value is -2.58. The van der Waals surface area contributed by atoms with Crippen molar-refractivity contribution in [1.82, 2.24) is 9.78 Å². The lowest BCUT2D eigenvalue weighted by molar-refractivity contribution is -0.0328. The Morgan fingerprint density at radius 2 is 1.88 bits per heavy atom. The summed E-state index contributed by atoms with van der Waals surface area (Å²) in [5, 5.41) is 14.0. The van der Waals surface area contributed by atoms with Crippen LogP contribution in [-0.4, -0.2) is 27.0 Å². The molecule has 0 amide bonds. The SMILES string of the molecule is Cc1cc(/C(F)=C/c2ccc(SC(F)(F)F)cc2)nn1Cc1cccc(C2(CO)CC2)c1. The van der Waals surface area contributed by atoms with Crippen LogP contribution >= 0.6 is 11.8 Å². The molecule has 0 saturated heterocycles. The molecule has 1 N–H and O–H groups in total. The van der Waals surface area contributed by atoms with E-state index in [1.54, 1.807) is 10.7 Å². The summed E-state index contributed by atoms with van der Waals surface area (Å²) in [5.74, 6) is -0.561. The van der Waals surface area contributed by atoms with Crippen LogP contribution in [0.2, 0.25) is 0 Å². The Balaban J connectivity index is 1.49. The number of benzene rings is 2. The van der Waals surface area contributed by atoms with Gasteiger partial charge >= 0.3 is 5.51 Å². The normalized spacial score (nSPS) is 15.8. The Labute approximate surface area is 187 Å². The number of hydrogen-bond donors (Lipinski definition) is 1. The van der Waals surface area contributed by atoms with Gasteiger partial charge in [-0.1, -0.05) is 36.4 Å². The molecular formula is C24H22F4N2OS. The van der Waals surface area contributed by atoms with Gasteiger partial charge < -0.3 is 5.11 Å². The Morgan fingerprint density at radius 1 is 1.16 bits per heavy atom. The maximum Gasteiger partial charge on any atom is 0.446 e. The summed E-state index contributed by atoms with van der Waals surface area (Å²) in [6.45, 7) is 2.44. The summed E-state index contributed by atoms with van der Waals surface area (Å²) in [7, 11) is 0. The molecule has 1 aliphatic rings. The molecule has 32 heavy (non-hydrogen) atoms. The highest BCUT2D eigenvalue weighted by molar-refractivity contribution is 8.00. The summed E-state index contributed by atoms with van der Waals surface area (Å²) < 4.78 is 53.8. The van der Waals surface area contributed by atoms with Crippen LogP contribution in [0.5, 0.6) is 0 Å². The number of aliphatic hydroxyl groups excluding tert-OH is 1. The summed E-state index contributed by atoms with van der Waals surface area (Å²) >= 11 is -0.205.